The molecule has 0 aliphatic carbocycles. The van der Waals surface area contributed by atoms with Crippen LogP contribution >= 0.6 is 11.8 Å². The van der Waals surface area contributed by atoms with Crippen molar-refractivity contribution >= 4 is 11.8 Å². The van der Waals surface area contributed by atoms with Crippen LogP contribution in [-0.4, -0.2) is 37.0 Å². The van der Waals surface area contributed by atoms with Crippen LogP contribution in [0.15, 0.2) is 70.8 Å². The van der Waals surface area contributed by atoms with Gasteiger partial charge in [-0.15, -0.1) is 15.3 Å². The molecule has 2 heterocycles. The van der Waals surface area contributed by atoms with E-state index in [2.05, 4.69) is 25.7 Å². The summed E-state index contributed by atoms with van der Waals surface area (Å²) in [5.74, 6) is 0.501. The van der Waals surface area contributed by atoms with Gasteiger partial charge in [-0.1, -0.05) is 42.5 Å². The molecule has 0 aliphatic heterocycles. The van der Waals surface area contributed by atoms with Crippen LogP contribution in [0.1, 0.15) is 12.5 Å². The molecule has 2 aromatic heterocycles. The Morgan fingerprint density at radius 2 is 1.71 bits per heavy atom. The molecule has 4 rings (SSSR count). The van der Waals surface area contributed by atoms with Crippen LogP contribution in [0.4, 0.5) is 13.2 Å². The Bertz CT molecular complexity index is 1180. The van der Waals surface area contributed by atoms with Crippen molar-refractivity contribution in [2.45, 2.75) is 23.3 Å². The quantitative estimate of drug-likeness (QED) is 0.427. The summed E-state index contributed by atoms with van der Waals surface area (Å²) in [4.78, 5) is 0. The minimum Gasteiger partial charge on any atom is -0.492 e. The molecule has 0 saturated heterocycles. The number of para-hydroxylation sites is 2. The van der Waals surface area contributed by atoms with Crippen molar-refractivity contribution in [2.24, 2.45) is 0 Å². The van der Waals surface area contributed by atoms with Gasteiger partial charge in [0.2, 0.25) is 5.16 Å². The topological polar surface area (TPSA) is 78.6 Å². The molecule has 31 heavy (non-hydrogen) atoms. The van der Waals surface area contributed by atoms with Gasteiger partial charge in [-0.25, -0.2) is 0 Å². The molecular formula is C20H15F3N6OS. The summed E-state index contributed by atoms with van der Waals surface area (Å²) in [6.45, 7) is 2.23. The first-order chi connectivity index (χ1) is 15.0. The molecule has 0 aliphatic rings. The van der Waals surface area contributed by atoms with Gasteiger partial charge >= 0.3 is 6.18 Å². The average molecular weight is 444 g/mol. The predicted molar refractivity (Wildman–Crippen MR) is 107 cm³/mol. The van der Waals surface area contributed by atoms with Gasteiger partial charge in [-0.05, 0) is 47.3 Å². The third kappa shape index (κ3) is 4.50. The number of ether oxygens (including phenoxy) is 1. The number of rotatable bonds is 6. The van der Waals surface area contributed by atoms with Gasteiger partial charge < -0.3 is 4.74 Å². The van der Waals surface area contributed by atoms with Crippen molar-refractivity contribution in [3.63, 3.8) is 0 Å². The Balaban J connectivity index is 1.74. The Kier molecular flexibility index (Phi) is 5.85. The molecule has 0 fully saturated rings. The van der Waals surface area contributed by atoms with Crippen LogP contribution < -0.4 is 4.74 Å². The number of alkyl halides is 3. The summed E-state index contributed by atoms with van der Waals surface area (Å²) in [6, 6.07) is 16.5. The summed E-state index contributed by atoms with van der Waals surface area (Å²) < 4.78 is 48.3. The van der Waals surface area contributed by atoms with E-state index >= 15 is 0 Å². The third-order valence-electron chi connectivity index (χ3n) is 4.16. The lowest BCUT2D eigenvalue weighted by atomic mass is 10.1. The number of tetrazole rings is 1. The number of benzene rings is 2. The number of halogens is 3. The molecule has 0 atom stereocenters. The average Bonchev–Trinajstić information content (AvgIpc) is 3.22. The molecule has 0 saturated carbocycles. The van der Waals surface area contributed by atoms with E-state index in [-0.39, 0.29) is 15.9 Å². The van der Waals surface area contributed by atoms with Crippen LogP contribution in [0.25, 0.3) is 16.9 Å². The van der Waals surface area contributed by atoms with Gasteiger partial charge in [-0.2, -0.15) is 17.9 Å². The van der Waals surface area contributed by atoms with E-state index < -0.39 is 11.7 Å². The lowest BCUT2D eigenvalue weighted by molar-refractivity contribution is -0.140. The Morgan fingerprint density at radius 3 is 2.45 bits per heavy atom. The molecule has 2 aromatic carbocycles. The van der Waals surface area contributed by atoms with Crippen LogP contribution in [0.2, 0.25) is 0 Å². The maximum absolute atomic E-state index is 13.8. The van der Waals surface area contributed by atoms with Crippen LogP contribution in [0, 0.1) is 0 Å². The SMILES string of the molecule is CCOc1ccccc1-n1nnnc1Sc1nnc(-c2ccccc2)cc1C(F)(F)F. The van der Waals surface area contributed by atoms with E-state index in [0.717, 1.165) is 6.07 Å². The minimum atomic E-state index is -4.64. The van der Waals surface area contributed by atoms with Crippen molar-refractivity contribution in [3.8, 4) is 22.7 Å². The predicted octanol–water partition coefficient (Wildman–Crippen LogP) is 4.69. The highest BCUT2D eigenvalue weighted by Gasteiger charge is 2.36. The number of aromatic nitrogens is 6. The molecule has 4 aromatic rings. The summed E-state index contributed by atoms with van der Waals surface area (Å²) in [6.07, 6.45) is -4.64. The molecule has 11 heteroatoms. The number of nitrogens with zero attached hydrogens (tertiary/aromatic N) is 6. The lowest BCUT2D eigenvalue weighted by Crippen LogP contribution is -2.10. The van der Waals surface area contributed by atoms with Gasteiger partial charge in [-0.3, -0.25) is 0 Å². The zero-order valence-electron chi connectivity index (χ0n) is 16.1. The Hall–Kier alpha value is -3.47. The zero-order chi connectivity index (χ0) is 21.8. The monoisotopic (exact) mass is 444 g/mol. The van der Waals surface area contributed by atoms with Crippen molar-refractivity contribution < 1.29 is 17.9 Å². The van der Waals surface area contributed by atoms with Crippen molar-refractivity contribution in [1.82, 2.24) is 30.4 Å². The van der Waals surface area contributed by atoms with Crippen molar-refractivity contribution in [2.75, 3.05) is 6.61 Å². The smallest absolute Gasteiger partial charge is 0.419 e. The van der Waals surface area contributed by atoms with Gasteiger partial charge in [0.05, 0.1) is 17.9 Å². The molecule has 0 radical (unpaired) electrons. The molecular weight excluding hydrogens is 429 g/mol. The second-order valence-corrected chi connectivity index (χ2v) is 7.14. The largest absolute Gasteiger partial charge is 0.492 e. The number of hydrogen-bond donors (Lipinski definition) is 0. The second kappa shape index (κ2) is 8.72. The summed E-state index contributed by atoms with van der Waals surface area (Å²) in [5.41, 5.74) is 0.240. The van der Waals surface area contributed by atoms with E-state index in [1.165, 1.54) is 4.68 Å². The molecule has 0 spiro atoms. The molecule has 0 N–H and O–H groups in total. The van der Waals surface area contributed by atoms with E-state index in [0.29, 0.717) is 35.4 Å². The van der Waals surface area contributed by atoms with E-state index in [9.17, 15) is 13.2 Å². The standard InChI is InChI=1S/C20H15F3N6OS/c1-2-30-17-11-7-6-10-16(17)29-19(26-27-28-29)31-18-14(20(21,22)23)12-15(24-25-18)13-8-4-3-5-9-13/h3-12H,2H2,1H3. The number of hydrogen-bond acceptors (Lipinski definition) is 7. The second-order valence-electron chi connectivity index (χ2n) is 6.19. The summed E-state index contributed by atoms with van der Waals surface area (Å²) >= 11 is 0.678. The van der Waals surface area contributed by atoms with Gasteiger partial charge in [0.1, 0.15) is 16.5 Å². The van der Waals surface area contributed by atoms with Gasteiger partial charge in [0, 0.05) is 5.56 Å². The first-order valence-corrected chi connectivity index (χ1v) is 9.98. The Labute approximate surface area is 179 Å². The van der Waals surface area contributed by atoms with Crippen molar-refractivity contribution in [3.05, 3.63) is 66.2 Å². The minimum absolute atomic E-state index is 0.0967. The van der Waals surface area contributed by atoms with Crippen LogP contribution in [0.5, 0.6) is 5.75 Å². The van der Waals surface area contributed by atoms with Crippen molar-refractivity contribution in [1.29, 1.82) is 0 Å². The molecule has 0 bridgehead atoms. The molecule has 0 unspecified atom stereocenters. The van der Waals surface area contributed by atoms with Crippen LogP contribution in [0.3, 0.4) is 0 Å². The fraction of sp³-hybridized carbons (Fsp3) is 0.150. The van der Waals surface area contributed by atoms with Gasteiger partial charge in [0.15, 0.2) is 0 Å². The molecule has 158 valence electrons. The van der Waals surface area contributed by atoms with Crippen LogP contribution in [-0.2, 0) is 6.18 Å². The first-order valence-electron chi connectivity index (χ1n) is 9.16. The fourth-order valence-electron chi connectivity index (χ4n) is 2.80. The highest BCUT2D eigenvalue weighted by atomic mass is 32.2. The highest BCUT2D eigenvalue weighted by Crippen LogP contribution is 2.39. The van der Waals surface area contributed by atoms with E-state index in [4.69, 9.17) is 4.74 Å². The molecule has 0 amide bonds. The first kappa shape index (κ1) is 20.8. The fourth-order valence-corrected chi connectivity index (χ4v) is 3.64. The third-order valence-corrected chi connectivity index (χ3v) is 5.09. The van der Waals surface area contributed by atoms with E-state index in [1.54, 1.807) is 54.6 Å². The van der Waals surface area contributed by atoms with E-state index in [1.807, 2.05) is 6.92 Å². The maximum Gasteiger partial charge on any atom is 0.419 e. The Morgan fingerprint density at radius 1 is 0.968 bits per heavy atom. The normalized spacial score (nSPS) is 11.5. The summed E-state index contributed by atoms with van der Waals surface area (Å²) in [7, 11) is 0. The lowest BCUT2D eigenvalue weighted by Gasteiger charge is -2.13. The maximum atomic E-state index is 13.8. The van der Waals surface area contributed by atoms with Gasteiger partial charge in [0.25, 0.3) is 0 Å². The summed E-state index contributed by atoms with van der Waals surface area (Å²) in [5, 5.41) is 19.0. The highest BCUT2D eigenvalue weighted by molar-refractivity contribution is 7.99. The zero-order valence-corrected chi connectivity index (χ0v) is 16.9. The molecule has 7 nitrogen and oxygen atoms in total.